The number of benzene rings is 1. The van der Waals surface area contributed by atoms with Gasteiger partial charge in [-0.05, 0) is 44.1 Å². The molecule has 1 heterocycles. The van der Waals surface area contributed by atoms with Crippen LogP contribution < -0.4 is 21.3 Å². The van der Waals surface area contributed by atoms with Crippen LogP contribution in [-0.4, -0.2) is 186 Å². The Kier molecular flexibility index (Phi) is 24.6. The predicted octanol–water partition coefficient (Wildman–Crippen LogP) is -0.261. The number of hydrogen-bond donors (Lipinski definition) is 6. The number of aliphatic hydroxyl groups excluding tert-OH is 2. The maximum atomic E-state index is 15.2. The van der Waals surface area contributed by atoms with Crippen molar-refractivity contribution in [1.82, 2.24) is 36.0 Å². The first kappa shape index (κ1) is 62.7. The van der Waals surface area contributed by atoms with E-state index in [-0.39, 0.29) is 12.8 Å². The molecule has 0 aromatic heterocycles. The van der Waals surface area contributed by atoms with Crippen LogP contribution in [0.5, 0.6) is 0 Å². The Morgan fingerprint density at radius 2 is 1.42 bits per heavy atom. The van der Waals surface area contributed by atoms with Crippen LogP contribution in [0.25, 0.3) is 0 Å². The molecule has 2 rings (SSSR count). The van der Waals surface area contributed by atoms with Crippen molar-refractivity contribution >= 4 is 59.3 Å². The Balaban J connectivity index is 3.01. The molecule has 73 heavy (non-hydrogen) atoms. The molecule has 0 spiro atoms. The van der Waals surface area contributed by atoms with E-state index in [4.69, 9.17) is 18.9 Å². The molecule has 1 aliphatic heterocycles. The molecule has 0 bridgehead atoms. The van der Waals surface area contributed by atoms with Gasteiger partial charge in [-0.2, -0.15) is 0 Å². The van der Waals surface area contributed by atoms with Gasteiger partial charge in [0.25, 0.3) is 11.8 Å². The van der Waals surface area contributed by atoms with Gasteiger partial charge in [-0.25, -0.2) is 14.4 Å². The van der Waals surface area contributed by atoms with Crippen molar-refractivity contribution in [3.05, 3.63) is 48.2 Å². The summed E-state index contributed by atoms with van der Waals surface area (Å²) in [6, 6.07) is -1.61. The number of nitrogens with zero attached hydrogens (tertiary/aromatic N) is 3. The topological polar surface area (TPSA) is 306 Å². The fourth-order valence-electron chi connectivity index (χ4n) is 7.60. The number of hydrogen-bond acceptors (Lipinski definition) is 16. The molecule has 1 aromatic rings. The molecule has 1 saturated heterocycles. The van der Waals surface area contributed by atoms with Gasteiger partial charge in [-0.1, -0.05) is 85.4 Å². The smallest absolute Gasteiger partial charge is 0.333 e. The zero-order chi connectivity index (χ0) is 55.8. The lowest BCUT2D eigenvalue weighted by Gasteiger charge is -2.39. The number of methoxy groups -OCH3 is 1. The first-order valence-corrected chi connectivity index (χ1v) is 24.2. The van der Waals surface area contributed by atoms with E-state index in [9.17, 15) is 53.4 Å². The second kappa shape index (κ2) is 28.7. The number of ether oxygens (including phenoxy) is 4. The third kappa shape index (κ3) is 17.1. The number of esters is 3. The Morgan fingerprint density at radius 3 is 1.95 bits per heavy atom. The summed E-state index contributed by atoms with van der Waals surface area (Å²) in [6.07, 6.45) is -8.51. The molecule has 7 amide bonds. The Morgan fingerprint density at radius 1 is 0.822 bits per heavy atom. The van der Waals surface area contributed by atoms with Gasteiger partial charge in [0.1, 0.15) is 36.0 Å². The van der Waals surface area contributed by atoms with E-state index >= 15 is 4.79 Å². The van der Waals surface area contributed by atoms with E-state index in [1.165, 1.54) is 69.8 Å². The minimum absolute atomic E-state index is 0.0688. The van der Waals surface area contributed by atoms with Crippen LogP contribution in [-0.2, 0) is 73.3 Å². The number of carbonyl (C=O) groups is 10. The Bertz CT molecular complexity index is 2140. The number of amides is 7. The SMILES string of the molecule is C=C1C(=O)N[C@@H](C)C(=O)N(C)[C@@H](C)C(=O)N[C@@H]([C@H](OC(=O)[C@@H](NC(=O)CC)[C@H](O)C(C)C)C(C)C)C(=O)N(C)[C@@H]([C@@H](C)OC)C(=O)O[C@H](C(C)C)[C@H](NC(=O)CCO)C(=O)O[C@H](Cc2ccccc2)C(=O)N1C. The van der Waals surface area contributed by atoms with Crippen molar-refractivity contribution in [2.24, 2.45) is 17.8 Å². The number of cyclic esters (lactones) is 2. The summed E-state index contributed by atoms with van der Waals surface area (Å²) < 4.78 is 23.4. The second-order valence-corrected chi connectivity index (χ2v) is 19.0. The van der Waals surface area contributed by atoms with Crippen molar-refractivity contribution in [1.29, 1.82) is 0 Å². The fourth-order valence-corrected chi connectivity index (χ4v) is 7.60. The van der Waals surface area contributed by atoms with Gasteiger partial charge in [0.15, 0.2) is 24.2 Å². The highest BCUT2D eigenvalue weighted by Crippen LogP contribution is 2.23. The predicted molar refractivity (Wildman–Crippen MR) is 263 cm³/mol. The van der Waals surface area contributed by atoms with Gasteiger partial charge in [-0.3, -0.25) is 33.6 Å². The number of carbonyl (C=O) groups excluding carboxylic acids is 10. The average molecular weight is 1030 g/mol. The standard InChI is InChI=1S/C50H77N7O16/c1-16-34(59)52-36(40(61)25(2)3)48(67)72-41(26(4)5)37-47(66)57(14)39(31(11)70-15)50(69)73-42(27(6)7)38(53-35(60)22-23-58)49(68)71-33(24-32-20-18-17-19-21-32)46(65)56(13)29(9)43(62)51-28(8)45(64)55(12)30(10)44(63)54-37/h17-21,25-28,30-31,33,36-42,58,61H,9,16,22-24H2,1-8,10-15H3,(H,51,62)(H,52,59)(H,53,60)(H,54,63)/t28-,30-,31+,33+,36-,37-,38-,39-,40+,41+,42+/m0/s1. The molecule has 6 N–H and O–H groups in total. The first-order chi connectivity index (χ1) is 34.1. The van der Waals surface area contributed by atoms with E-state index in [1.807, 2.05) is 0 Å². The molecule has 408 valence electrons. The number of likely N-dealkylation sites (N-methyl/N-ethyl adjacent to an activating group) is 3. The molecular weight excluding hydrogens is 955 g/mol. The molecular formula is C50H77N7O16. The van der Waals surface area contributed by atoms with E-state index in [1.54, 1.807) is 58.0 Å². The quantitative estimate of drug-likeness (QED) is 0.0706. The molecule has 1 fully saturated rings. The maximum Gasteiger partial charge on any atom is 0.333 e. The zero-order valence-corrected chi connectivity index (χ0v) is 44.5. The lowest BCUT2D eigenvalue weighted by atomic mass is 9.95. The third-order valence-electron chi connectivity index (χ3n) is 12.5. The molecule has 0 saturated carbocycles. The monoisotopic (exact) mass is 1030 g/mol. The molecule has 1 aromatic carbocycles. The van der Waals surface area contributed by atoms with Crippen LogP contribution >= 0.6 is 0 Å². The van der Waals surface area contributed by atoms with Crippen LogP contribution in [0.15, 0.2) is 42.6 Å². The summed E-state index contributed by atoms with van der Waals surface area (Å²) in [5.74, 6) is -12.3. The minimum Gasteiger partial charge on any atom is -0.458 e. The molecule has 23 nitrogen and oxygen atoms in total. The summed E-state index contributed by atoms with van der Waals surface area (Å²) in [4.78, 5) is 143. The summed E-state index contributed by atoms with van der Waals surface area (Å²) in [6.45, 7) is 18.0. The fraction of sp³-hybridized carbons (Fsp3) is 0.640. The highest BCUT2D eigenvalue weighted by molar-refractivity contribution is 6.01. The van der Waals surface area contributed by atoms with Crippen LogP contribution in [0.2, 0.25) is 0 Å². The van der Waals surface area contributed by atoms with Crippen LogP contribution in [0.3, 0.4) is 0 Å². The molecule has 11 atom stereocenters. The van der Waals surface area contributed by atoms with Crippen LogP contribution in [0, 0.1) is 17.8 Å². The highest BCUT2D eigenvalue weighted by Gasteiger charge is 2.47. The van der Waals surface area contributed by atoms with Gasteiger partial charge in [-0.15, -0.1) is 0 Å². The van der Waals surface area contributed by atoms with Crippen molar-refractivity contribution in [3.8, 4) is 0 Å². The lowest BCUT2D eigenvalue weighted by Crippen LogP contribution is -2.64. The average Bonchev–Trinajstić information content (AvgIpc) is 3.34. The number of aliphatic hydroxyl groups is 2. The van der Waals surface area contributed by atoms with E-state index in [0.717, 1.165) is 14.7 Å². The number of rotatable bonds is 16. The largest absolute Gasteiger partial charge is 0.458 e. The van der Waals surface area contributed by atoms with E-state index < -0.39 is 163 Å². The summed E-state index contributed by atoms with van der Waals surface area (Å²) in [5.41, 5.74) is 0.00590. The van der Waals surface area contributed by atoms with Crippen molar-refractivity contribution in [2.45, 2.75) is 155 Å². The molecule has 1 aliphatic rings. The van der Waals surface area contributed by atoms with E-state index in [0.29, 0.717) is 5.56 Å². The lowest BCUT2D eigenvalue weighted by molar-refractivity contribution is -0.177. The van der Waals surface area contributed by atoms with Crippen molar-refractivity contribution in [3.63, 3.8) is 0 Å². The Hall–Kier alpha value is -6.46. The van der Waals surface area contributed by atoms with Gasteiger partial charge in [0.2, 0.25) is 29.5 Å². The zero-order valence-electron chi connectivity index (χ0n) is 44.5. The van der Waals surface area contributed by atoms with Gasteiger partial charge in [0.05, 0.1) is 18.8 Å². The van der Waals surface area contributed by atoms with Crippen LogP contribution in [0.4, 0.5) is 0 Å². The third-order valence-corrected chi connectivity index (χ3v) is 12.5. The highest BCUT2D eigenvalue weighted by atomic mass is 16.6. The normalized spacial score (nSPS) is 24.4. The maximum absolute atomic E-state index is 15.2. The van der Waals surface area contributed by atoms with Crippen molar-refractivity contribution in [2.75, 3.05) is 34.9 Å². The Labute approximate surface area is 427 Å². The number of nitrogens with one attached hydrogen (secondary N) is 4. The summed E-state index contributed by atoms with van der Waals surface area (Å²) in [7, 11) is 4.82. The molecule has 0 unspecified atom stereocenters. The van der Waals surface area contributed by atoms with E-state index in [2.05, 4.69) is 27.8 Å². The molecule has 23 heteroatoms. The minimum atomic E-state index is -1.89. The van der Waals surface area contributed by atoms with Gasteiger partial charge >= 0.3 is 17.9 Å². The first-order valence-electron chi connectivity index (χ1n) is 24.2. The summed E-state index contributed by atoms with van der Waals surface area (Å²) >= 11 is 0. The van der Waals surface area contributed by atoms with Crippen molar-refractivity contribution < 1.29 is 77.1 Å². The van der Waals surface area contributed by atoms with Gasteiger partial charge in [0, 0.05) is 47.5 Å². The van der Waals surface area contributed by atoms with Crippen LogP contribution in [0.1, 0.15) is 87.6 Å². The molecule has 0 aliphatic carbocycles. The second-order valence-electron chi connectivity index (χ2n) is 19.0. The molecule has 0 radical (unpaired) electrons. The summed E-state index contributed by atoms with van der Waals surface area (Å²) in [5, 5.41) is 30.7. The van der Waals surface area contributed by atoms with Gasteiger partial charge < -0.3 is 65.1 Å².